The van der Waals surface area contributed by atoms with Crippen molar-refractivity contribution in [3.05, 3.63) is 90.0 Å². The molecule has 1 aliphatic heterocycles. The van der Waals surface area contributed by atoms with Gasteiger partial charge in [0.25, 0.3) is 0 Å². The van der Waals surface area contributed by atoms with E-state index in [1.807, 2.05) is 0 Å². The maximum Gasteiger partial charge on any atom is 0.222 e. The van der Waals surface area contributed by atoms with Gasteiger partial charge in [-0.2, -0.15) is 4.39 Å². The van der Waals surface area contributed by atoms with Crippen molar-refractivity contribution >= 4 is 5.91 Å². The van der Waals surface area contributed by atoms with Crippen molar-refractivity contribution in [1.82, 2.24) is 15.2 Å². The van der Waals surface area contributed by atoms with Gasteiger partial charge in [0.1, 0.15) is 0 Å². The molecule has 3 aromatic rings. The Morgan fingerprint density at radius 1 is 1.00 bits per heavy atom. The Hall–Kier alpha value is -3.09. The maximum absolute atomic E-state index is 12.8. The number of ether oxygens (including phenoxy) is 1. The second kappa shape index (κ2) is 12.4. The third-order valence-electron chi connectivity index (χ3n) is 6.38. The molecule has 0 unspecified atom stereocenters. The molecule has 5 nitrogen and oxygen atoms in total. The summed E-state index contributed by atoms with van der Waals surface area (Å²) in [6.07, 6.45) is 4.03. The van der Waals surface area contributed by atoms with Gasteiger partial charge in [0.05, 0.1) is 13.2 Å². The molecule has 1 aliphatic rings. The molecule has 4 rings (SSSR count). The van der Waals surface area contributed by atoms with Gasteiger partial charge in [-0.3, -0.25) is 4.79 Å². The van der Waals surface area contributed by atoms with Gasteiger partial charge in [0.15, 0.2) is 0 Å². The molecule has 2 aromatic carbocycles. The molecular formula is C28H32FN3O2. The smallest absolute Gasteiger partial charge is 0.222 e. The van der Waals surface area contributed by atoms with Crippen LogP contribution in [0.5, 0.6) is 0 Å². The van der Waals surface area contributed by atoms with E-state index < -0.39 is 5.95 Å². The minimum absolute atomic E-state index is 0.0813. The monoisotopic (exact) mass is 461 g/mol. The van der Waals surface area contributed by atoms with E-state index in [9.17, 15) is 9.18 Å². The Morgan fingerprint density at radius 3 is 2.53 bits per heavy atom. The van der Waals surface area contributed by atoms with Crippen molar-refractivity contribution in [1.29, 1.82) is 0 Å². The van der Waals surface area contributed by atoms with Gasteiger partial charge < -0.3 is 15.0 Å². The van der Waals surface area contributed by atoms with Crippen molar-refractivity contribution in [3.63, 3.8) is 0 Å². The Labute approximate surface area is 201 Å². The van der Waals surface area contributed by atoms with E-state index in [0.717, 1.165) is 38.0 Å². The van der Waals surface area contributed by atoms with Crippen molar-refractivity contribution in [2.24, 2.45) is 0 Å². The quantitative estimate of drug-likeness (QED) is 0.348. The lowest BCUT2D eigenvalue weighted by Crippen LogP contribution is -2.35. The Morgan fingerprint density at radius 2 is 1.76 bits per heavy atom. The number of nitrogens with zero attached hydrogens (tertiary/aromatic N) is 2. The fourth-order valence-electron chi connectivity index (χ4n) is 4.46. The number of nitrogens with one attached hydrogen (secondary N) is 1. The van der Waals surface area contributed by atoms with Crippen LogP contribution < -0.4 is 5.32 Å². The van der Waals surface area contributed by atoms with Crippen LogP contribution in [0.2, 0.25) is 0 Å². The Balaban J connectivity index is 1.13. The molecule has 1 N–H and O–H groups in total. The number of carbonyl (C=O) groups excluding carboxylic acids is 1. The van der Waals surface area contributed by atoms with Gasteiger partial charge in [-0.15, -0.1) is 0 Å². The lowest BCUT2D eigenvalue weighted by molar-refractivity contribution is -0.122. The average Bonchev–Trinajstić information content (AvgIpc) is 2.89. The van der Waals surface area contributed by atoms with E-state index in [-0.39, 0.29) is 5.91 Å². The van der Waals surface area contributed by atoms with E-state index in [2.05, 4.69) is 69.8 Å². The minimum atomic E-state index is -0.523. The Bertz CT molecular complexity index is 1040. The van der Waals surface area contributed by atoms with E-state index in [0.29, 0.717) is 32.1 Å². The van der Waals surface area contributed by atoms with Gasteiger partial charge >= 0.3 is 0 Å². The molecule has 6 heteroatoms. The number of rotatable bonds is 10. The number of benzene rings is 2. The van der Waals surface area contributed by atoms with Crippen LogP contribution in [0.15, 0.2) is 72.9 Å². The zero-order valence-electron chi connectivity index (χ0n) is 19.5. The normalized spacial score (nSPS) is 14.7. The fourth-order valence-corrected chi connectivity index (χ4v) is 4.46. The molecule has 1 aromatic heterocycles. The van der Waals surface area contributed by atoms with Crippen molar-refractivity contribution in [2.75, 3.05) is 32.8 Å². The van der Waals surface area contributed by atoms with Crippen LogP contribution in [-0.4, -0.2) is 48.6 Å². The van der Waals surface area contributed by atoms with Crippen LogP contribution in [0, 0.1) is 5.95 Å². The van der Waals surface area contributed by atoms with Gasteiger partial charge in [-0.25, -0.2) is 4.98 Å². The molecule has 0 bridgehead atoms. The van der Waals surface area contributed by atoms with Crippen LogP contribution in [-0.2, 0) is 16.1 Å². The molecule has 1 fully saturated rings. The predicted octanol–water partition coefficient (Wildman–Crippen LogP) is 4.79. The first-order valence-electron chi connectivity index (χ1n) is 12.0. The highest BCUT2D eigenvalue weighted by Crippen LogP contribution is 2.35. The molecule has 0 aliphatic carbocycles. The highest BCUT2D eigenvalue weighted by molar-refractivity contribution is 5.75. The molecular weight excluding hydrogens is 429 g/mol. The number of piperidine rings is 1. The first-order chi connectivity index (χ1) is 16.7. The first kappa shape index (κ1) is 24.0. The zero-order valence-corrected chi connectivity index (χ0v) is 19.5. The van der Waals surface area contributed by atoms with Crippen LogP contribution in [0.25, 0.3) is 11.1 Å². The number of aromatic nitrogens is 1. The second-order valence-electron chi connectivity index (χ2n) is 8.70. The summed E-state index contributed by atoms with van der Waals surface area (Å²) in [4.78, 5) is 18.0. The number of likely N-dealkylation sites (tertiary alicyclic amines) is 1. The summed E-state index contributed by atoms with van der Waals surface area (Å²) in [6, 6.07) is 22.3. The van der Waals surface area contributed by atoms with Crippen molar-refractivity contribution in [2.45, 2.75) is 31.7 Å². The van der Waals surface area contributed by atoms with E-state index in [1.54, 1.807) is 6.07 Å². The Kier molecular flexibility index (Phi) is 8.77. The lowest BCUT2D eigenvalue weighted by Gasteiger charge is -2.33. The number of pyridine rings is 1. The molecule has 0 radical (unpaired) electrons. The summed E-state index contributed by atoms with van der Waals surface area (Å²) in [6.45, 7) is 4.37. The largest absolute Gasteiger partial charge is 0.380 e. The molecule has 0 saturated carbocycles. The van der Waals surface area contributed by atoms with Gasteiger partial charge in [-0.1, -0.05) is 60.7 Å². The van der Waals surface area contributed by atoms with E-state index in [1.165, 1.54) is 29.0 Å². The highest BCUT2D eigenvalue weighted by Gasteiger charge is 2.22. The molecule has 2 heterocycles. The molecule has 1 amide bonds. The average molecular weight is 462 g/mol. The SMILES string of the molecule is O=C(CCOCCN1CCC(c2ccccc2-c2ccccc2)CC1)NCc1ccc(F)nc1. The standard InChI is InChI=1S/C28H32FN3O2/c29-27-11-10-22(20-30-27)21-31-28(33)14-18-34-19-17-32-15-12-24(13-16-32)26-9-5-4-8-25(26)23-6-2-1-3-7-23/h1-11,20,24H,12-19,21H2,(H,31,33). The highest BCUT2D eigenvalue weighted by atomic mass is 19.1. The minimum Gasteiger partial charge on any atom is -0.380 e. The van der Waals surface area contributed by atoms with E-state index in [4.69, 9.17) is 4.74 Å². The molecule has 0 spiro atoms. The summed E-state index contributed by atoms with van der Waals surface area (Å²) in [5.74, 6) is -0.0273. The third kappa shape index (κ3) is 6.95. The number of halogens is 1. The van der Waals surface area contributed by atoms with Crippen LogP contribution in [0.1, 0.15) is 36.3 Å². The molecule has 178 valence electrons. The second-order valence-corrected chi connectivity index (χ2v) is 8.70. The number of hydrogen-bond acceptors (Lipinski definition) is 4. The maximum atomic E-state index is 12.8. The fraction of sp³-hybridized carbons (Fsp3) is 0.357. The van der Waals surface area contributed by atoms with Crippen molar-refractivity contribution in [3.8, 4) is 11.1 Å². The van der Waals surface area contributed by atoms with Gasteiger partial charge in [-0.05, 0) is 60.2 Å². The van der Waals surface area contributed by atoms with Crippen molar-refractivity contribution < 1.29 is 13.9 Å². The topological polar surface area (TPSA) is 54.5 Å². The van der Waals surface area contributed by atoms with Crippen LogP contribution in [0.4, 0.5) is 4.39 Å². The zero-order chi connectivity index (χ0) is 23.6. The molecule has 0 atom stereocenters. The summed E-state index contributed by atoms with van der Waals surface area (Å²) in [5.41, 5.74) is 4.85. The predicted molar refractivity (Wildman–Crippen MR) is 132 cm³/mol. The lowest BCUT2D eigenvalue weighted by atomic mass is 9.84. The summed E-state index contributed by atoms with van der Waals surface area (Å²) >= 11 is 0. The van der Waals surface area contributed by atoms with Gasteiger partial charge in [0, 0.05) is 25.7 Å². The number of amides is 1. The third-order valence-corrected chi connectivity index (χ3v) is 6.38. The number of carbonyl (C=O) groups is 1. The summed E-state index contributed by atoms with van der Waals surface area (Å²) < 4.78 is 18.5. The van der Waals surface area contributed by atoms with Crippen LogP contribution in [0.3, 0.4) is 0 Å². The van der Waals surface area contributed by atoms with Gasteiger partial charge in [0.2, 0.25) is 11.9 Å². The molecule has 34 heavy (non-hydrogen) atoms. The number of hydrogen-bond donors (Lipinski definition) is 1. The summed E-state index contributed by atoms with van der Waals surface area (Å²) in [5, 5.41) is 2.80. The first-order valence-corrected chi connectivity index (χ1v) is 12.0. The summed E-state index contributed by atoms with van der Waals surface area (Å²) in [7, 11) is 0. The van der Waals surface area contributed by atoms with Crippen LogP contribution >= 0.6 is 0 Å². The molecule has 1 saturated heterocycles. The van der Waals surface area contributed by atoms with E-state index >= 15 is 0 Å².